The number of carbonyl (C=O) groups excluding carboxylic acids is 2. The lowest BCUT2D eigenvalue weighted by atomic mass is 10.2. The zero-order valence-corrected chi connectivity index (χ0v) is 7.90. The van der Waals surface area contributed by atoms with E-state index in [0.717, 1.165) is 19.4 Å². The Bertz CT molecular complexity index is 231. The minimum atomic E-state index is -0.459. The van der Waals surface area contributed by atoms with Crippen LogP contribution in [-0.2, 0) is 19.1 Å². The predicted octanol–water partition coefficient (Wildman–Crippen LogP) is -0.449. The van der Waals surface area contributed by atoms with Crippen molar-refractivity contribution in [2.75, 3.05) is 26.2 Å². The van der Waals surface area contributed by atoms with Gasteiger partial charge in [0.15, 0.2) is 0 Å². The summed E-state index contributed by atoms with van der Waals surface area (Å²) in [6.07, 6.45) is 2.25. The molecule has 5 nitrogen and oxygen atoms in total. The maximum atomic E-state index is 10.9. The van der Waals surface area contributed by atoms with E-state index in [0.29, 0.717) is 6.54 Å². The number of morpholine rings is 1. The molecule has 0 N–H and O–H groups in total. The van der Waals surface area contributed by atoms with E-state index in [-0.39, 0.29) is 19.2 Å². The standard InChI is InChI=1S/C9H13NO4/c11-8-5-10(6-9(12)14-8)4-7-2-1-3-13-7/h7H,1-6H2. The maximum Gasteiger partial charge on any atom is 0.327 e. The summed E-state index contributed by atoms with van der Waals surface area (Å²) in [4.78, 5) is 23.6. The molecule has 0 spiro atoms. The molecule has 1 unspecified atom stereocenters. The van der Waals surface area contributed by atoms with E-state index < -0.39 is 11.9 Å². The van der Waals surface area contributed by atoms with Gasteiger partial charge in [0.25, 0.3) is 0 Å². The third-order valence-electron chi connectivity index (χ3n) is 2.42. The number of hydrogen-bond acceptors (Lipinski definition) is 5. The summed E-state index contributed by atoms with van der Waals surface area (Å²) >= 11 is 0. The van der Waals surface area contributed by atoms with Gasteiger partial charge in [0, 0.05) is 13.2 Å². The highest BCUT2D eigenvalue weighted by Gasteiger charge is 2.27. The van der Waals surface area contributed by atoms with E-state index in [1.807, 2.05) is 0 Å². The van der Waals surface area contributed by atoms with Crippen LogP contribution in [0.15, 0.2) is 0 Å². The molecule has 0 saturated carbocycles. The quantitative estimate of drug-likeness (QED) is 0.445. The summed E-state index contributed by atoms with van der Waals surface area (Å²) in [6.45, 7) is 1.84. The van der Waals surface area contributed by atoms with Crippen LogP contribution in [0.25, 0.3) is 0 Å². The van der Waals surface area contributed by atoms with Crippen molar-refractivity contribution in [1.29, 1.82) is 0 Å². The van der Waals surface area contributed by atoms with Crippen molar-refractivity contribution >= 4 is 11.9 Å². The first-order valence-corrected chi connectivity index (χ1v) is 4.81. The van der Waals surface area contributed by atoms with Gasteiger partial charge in [-0.15, -0.1) is 0 Å². The van der Waals surface area contributed by atoms with Crippen LogP contribution in [0.3, 0.4) is 0 Å². The molecule has 2 rings (SSSR count). The van der Waals surface area contributed by atoms with E-state index in [1.54, 1.807) is 4.90 Å². The minimum absolute atomic E-state index is 0.175. The van der Waals surface area contributed by atoms with Gasteiger partial charge in [0.1, 0.15) is 0 Å². The zero-order chi connectivity index (χ0) is 9.97. The summed E-state index contributed by atoms with van der Waals surface area (Å²) in [5.41, 5.74) is 0. The molecule has 78 valence electrons. The van der Waals surface area contributed by atoms with Gasteiger partial charge in [-0.25, -0.2) is 0 Å². The predicted molar refractivity (Wildman–Crippen MR) is 46.5 cm³/mol. The third kappa shape index (κ3) is 2.30. The van der Waals surface area contributed by atoms with Crippen molar-refractivity contribution in [2.24, 2.45) is 0 Å². The van der Waals surface area contributed by atoms with Crippen molar-refractivity contribution in [1.82, 2.24) is 4.90 Å². The van der Waals surface area contributed by atoms with Crippen molar-refractivity contribution < 1.29 is 19.1 Å². The molecular formula is C9H13NO4. The molecule has 2 aliphatic rings. The van der Waals surface area contributed by atoms with Crippen molar-refractivity contribution in [3.63, 3.8) is 0 Å². The van der Waals surface area contributed by atoms with Gasteiger partial charge in [0.2, 0.25) is 0 Å². The molecule has 2 saturated heterocycles. The largest absolute Gasteiger partial charge is 0.391 e. The Labute approximate surface area is 82.0 Å². The minimum Gasteiger partial charge on any atom is -0.391 e. The van der Waals surface area contributed by atoms with Crippen molar-refractivity contribution in [3.05, 3.63) is 0 Å². The topological polar surface area (TPSA) is 55.8 Å². The van der Waals surface area contributed by atoms with Crippen LogP contribution in [0.4, 0.5) is 0 Å². The first-order valence-electron chi connectivity index (χ1n) is 4.81. The number of carbonyl (C=O) groups is 2. The monoisotopic (exact) mass is 199 g/mol. The van der Waals surface area contributed by atoms with Crippen LogP contribution in [0.1, 0.15) is 12.8 Å². The smallest absolute Gasteiger partial charge is 0.327 e. The molecule has 2 aliphatic heterocycles. The lowest BCUT2D eigenvalue weighted by molar-refractivity contribution is -0.167. The molecule has 0 bridgehead atoms. The van der Waals surface area contributed by atoms with Gasteiger partial charge < -0.3 is 9.47 Å². The van der Waals surface area contributed by atoms with Gasteiger partial charge in [-0.05, 0) is 12.8 Å². The fourth-order valence-corrected chi connectivity index (χ4v) is 1.82. The molecule has 0 aromatic carbocycles. The fraction of sp³-hybridized carbons (Fsp3) is 0.778. The third-order valence-corrected chi connectivity index (χ3v) is 2.42. The number of ether oxygens (including phenoxy) is 2. The highest BCUT2D eigenvalue weighted by Crippen LogP contribution is 2.14. The Morgan fingerprint density at radius 3 is 2.57 bits per heavy atom. The van der Waals surface area contributed by atoms with Crippen LogP contribution < -0.4 is 0 Å². The van der Waals surface area contributed by atoms with Crippen LogP contribution in [0.5, 0.6) is 0 Å². The number of hydrogen-bond donors (Lipinski definition) is 0. The van der Waals surface area contributed by atoms with E-state index in [2.05, 4.69) is 4.74 Å². The second kappa shape index (κ2) is 4.06. The van der Waals surface area contributed by atoms with Gasteiger partial charge in [-0.1, -0.05) is 0 Å². The lowest BCUT2D eigenvalue weighted by Crippen LogP contribution is -2.45. The van der Waals surface area contributed by atoms with Crippen LogP contribution in [0.2, 0.25) is 0 Å². The number of rotatable bonds is 2. The van der Waals surface area contributed by atoms with E-state index in [1.165, 1.54) is 0 Å². The van der Waals surface area contributed by atoms with E-state index in [9.17, 15) is 9.59 Å². The number of nitrogens with zero attached hydrogens (tertiary/aromatic N) is 1. The van der Waals surface area contributed by atoms with Gasteiger partial charge in [0.05, 0.1) is 19.2 Å². The Kier molecular flexibility index (Phi) is 2.79. The first kappa shape index (κ1) is 9.61. The molecule has 0 aliphatic carbocycles. The summed E-state index contributed by atoms with van der Waals surface area (Å²) in [6, 6.07) is 0. The van der Waals surface area contributed by atoms with Gasteiger partial charge in [-0.2, -0.15) is 0 Å². The van der Waals surface area contributed by atoms with Crippen molar-refractivity contribution in [2.45, 2.75) is 18.9 Å². The second-order valence-electron chi connectivity index (χ2n) is 3.65. The van der Waals surface area contributed by atoms with E-state index in [4.69, 9.17) is 4.74 Å². The van der Waals surface area contributed by atoms with Gasteiger partial charge >= 0.3 is 11.9 Å². The Morgan fingerprint density at radius 1 is 1.29 bits per heavy atom. The Morgan fingerprint density at radius 2 is 2.00 bits per heavy atom. The summed E-state index contributed by atoms with van der Waals surface area (Å²) in [5.74, 6) is -0.918. The van der Waals surface area contributed by atoms with Crippen LogP contribution in [-0.4, -0.2) is 49.2 Å². The molecule has 2 heterocycles. The maximum absolute atomic E-state index is 10.9. The molecule has 0 aromatic rings. The van der Waals surface area contributed by atoms with Crippen LogP contribution in [0, 0.1) is 0 Å². The number of cyclic esters (lactones) is 2. The molecule has 1 atom stereocenters. The van der Waals surface area contributed by atoms with Gasteiger partial charge in [-0.3, -0.25) is 14.5 Å². The zero-order valence-electron chi connectivity index (χ0n) is 7.90. The molecule has 0 radical (unpaired) electrons. The molecule has 0 aromatic heterocycles. The molecule has 14 heavy (non-hydrogen) atoms. The average molecular weight is 199 g/mol. The summed E-state index contributed by atoms with van der Waals surface area (Å²) < 4.78 is 9.84. The summed E-state index contributed by atoms with van der Waals surface area (Å²) in [5, 5.41) is 0. The average Bonchev–Trinajstić information content (AvgIpc) is 2.54. The lowest BCUT2D eigenvalue weighted by Gasteiger charge is -2.26. The molecular weight excluding hydrogens is 186 g/mol. The molecule has 5 heteroatoms. The molecule has 0 amide bonds. The second-order valence-corrected chi connectivity index (χ2v) is 3.65. The van der Waals surface area contributed by atoms with Crippen LogP contribution >= 0.6 is 0 Å². The molecule has 2 fully saturated rings. The highest BCUT2D eigenvalue weighted by atomic mass is 16.6. The first-order chi connectivity index (χ1) is 6.74. The Balaban J connectivity index is 1.84. The normalized spacial score (nSPS) is 29.3. The SMILES string of the molecule is O=C1CN(CC2CCCO2)CC(=O)O1. The fourth-order valence-electron chi connectivity index (χ4n) is 1.82. The van der Waals surface area contributed by atoms with Crippen molar-refractivity contribution in [3.8, 4) is 0 Å². The van der Waals surface area contributed by atoms with E-state index >= 15 is 0 Å². The number of esters is 2. The highest BCUT2D eigenvalue weighted by molar-refractivity contribution is 5.90. The Hall–Kier alpha value is -0.940. The summed E-state index contributed by atoms with van der Waals surface area (Å²) in [7, 11) is 0.